The van der Waals surface area contributed by atoms with E-state index in [1.165, 1.54) is 0 Å². The van der Waals surface area contributed by atoms with E-state index in [1.807, 2.05) is 35.8 Å². The molecule has 4 N–H and O–H groups in total. The highest BCUT2D eigenvalue weighted by Crippen LogP contribution is 2.36. The van der Waals surface area contributed by atoms with Crippen LogP contribution in [0.4, 0.5) is 5.69 Å². The summed E-state index contributed by atoms with van der Waals surface area (Å²) in [6.45, 7) is 14.9. The van der Waals surface area contributed by atoms with Crippen molar-refractivity contribution in [1.82, 2.24) is 35.6 Å². The Morgan fingerprint density at radius 3 is 2.37 bits per heavy atom. The maximum Gasteiger partial charge on any atom is 0.243 e. The number of imide groups is 1. The standard InChI is InChI=1S/C48H64ClN9O8S/c1-32-28-41(36-13-15-38(49)16-14-36)52-42(47-56-55-34(3)58(47)35(4)67-33(32)2)29-46(62)51-21-23-65-25-27-66-26-24-64-22-20-50-19-8-6-7-12-44(60)53-40-11-9-10-37(31-59)39(40)30-57(5)43-17-18-45(61)54-48(43)63/h9-11,13-16,31,42-43,50H,4,6-8,12,17-30H2,1-3,5H3,(H,51,62)(H,53,60)(H,54,61,63)/b33-32-,52-41?/t42-,43?/m0/s1. The number of halogens is 1. The molecule has 3 heterocycles. The largest absolute Gasteiger partial charge is 0.378 e. The Kier molecular flexibility index (Phi) is 21.8. The Labute approximate surface area is 402 Å². The van der Waals surface area contributed by atoms with Gasteiger partial charge in [-0.3, -0.25) is 43.7 Å². The average molecular weight is 963 g/mol. The predicted molar refractivity (Wildman–Crippen MR) is 261 cm³/mol. The molecule has 1 unspecified atom stereocenters. The first kappa shape index (κ1) is 52.9. The number of aryl methyl sites for hydroxylation is 1. The molecule has 67 heavy (non-hydrogen) atoms. The third-order valence-electron chi connectivity index (χ3n) is 11.3. The van der Waals surface area contributed by atoms with Gasteiger partial charge in [-0.25, -0.2) is 0 Å². The zero-order valence-electron chi connectivity index (χ0n) is 39.0. The summed E-state index contributed by atoms with van der Waals surface area (Å²) >= 11 is 7.75. The van der Waals surface area contributed by atoms with Crippen LogP contribution in [-0.4, -0.2) is 128 Å². The van der Waals surface area contributed by atoms with E-state index in [9.17, 15) is 24.0 Å². The van der Waals surface area contributed by atoms with E-state index in [0.29, 0.717) is 112 Å². The van der Waals surface area contributed by atoms with Gasteiger partial charge in [-0.15, -0.1) is 10.2 Å². The first-order valence-electron chi connectivity index (χ1n) is 22.7. The number of hydrogen-bond acceptors (Lipinski definition) is 14. The lowest BCUT2D eigenvalue weighted by atomic mass is 10.0. The van der Waals surface area contributed by atoms with Crippen LogP contribution in [0.3, 0.4) is 0 Å². The number of nitrogens with one attached hydrogen (secondary N) is 4. The third-order valence-corrected chi connectivity index (χ3v) is 12.7. The van der Waals surface area contributed by atoms with Crippen LogP contribution in [0.15, 0.2) is 64.5 Å². The second kappa shape index (κ2) is 27.7. The summed E-state index contributed by atoms with van der Waals surface area (Å²) in [5.41, 5.74) is 4.50. The van der Waals surface area contributed by atoms with Gasteiger partial charge < -0.3 is 30.2 Å². The molecule has 17 nitrogen and oxygen atoms in total. The summed E-state index contributed by atoms with van der Waals surface area (Å²) in [6.07, 6.45) is 4.86. The van der Waals surface area contributed by atoms with Crippen molar-refractivity contribution in [3.05, 3.63) is 92.9 Å². The summed E-state index contributed by atoms with van der Waals surface area (Å²) in [4.78, 5) is 69.9. The van der Waals surface area contributed by atoms with Crippen molar-refractivity contribution in [3.8, 4) is 0 Å². The van der Waals surface area contributed by atoms with Crippen molar-refractivity contribution >= 4 is 69.7 Å². The van der Waals surface area contributed by atoms with Crippen molar-refractivity contribution < 1.29 is 38.2 Å². The van der Waals surface area contributed by atoms with Crippen LogP contribution in [0.2, 0.25) is 5.02 Å². The molecule has 1 fully saturated rings. The molecule has 1 saturated heterocycles. The van der Waals surface area contributed by atoms with Gasteiger partial charge in [0.2, 0.25) is 23.6 Å². The summed E-state index contributed by atoms with van der Waals surface area (Å²) in [7, 11) is 1.76. The number of aromatic nitrogens is 3. The van der Waals surface area contributed by atoms with Gasteiger partial charge in [0, 0.05) is 66.4 Å². The van der Waals surface area contributed by atoms with Crippen LogP contribution >= 0.6 is 23.4 Å². The van der Waals surface area contributed by atoms with Gasteiger partial charge in [0.25, 0.3) is 0 Å². The molecule has 2 aliphatic rings. The van der Waals surface area contributed by atoms with Crippen molar-refractivity contribution in [2.24, 2.45) is 4.99 Å². The number of anilines is 1. The minimum atomic E-state index is -0.603. The molecule has 0 radical (unpaired) electrons. The van der Waals surface area contributed by atoms with E-state index in [-0.39, 0.29) is 43.0 Å². The van der Waals surface area contributed by atoms with Crippen LogP contribution in [0.1, 0.15) is 104 Å². The number of amides is 4. The van der Waals surface area contributed by atoms with E-state index in [0.717, 1.165) is 52.5 Å². The molecule has 0 spiro atoms. The normalized spacial score (nSPS) is 17.8. The Bertz CT molecular complexity index is 2250. The van der Waals surface area contributed by atoms with Crippen LogP contribution in [0.5, 0.6) is 0 Å². The van der Waals surface area contributed by atoms with E-state index in [2.05, 4.69) is 51.9 Å². The number of rotatable bonds is 26. The van der Waals surface area contributed by atoms with E-state index >= 15 is 0 Å². The molecule has 0 bridgehead atoms. The van der Waals surface area contributed by atoms with Gasteiger partial charge in [0.15, 0.2) is 5.82 Å². The smallest absolute Gasteiger partial charge is 0.243 e. The van der Waals surface area contributed by atoms with Crippen molar-refractivity contribution in [2.75, 3.05) is 71.6 Å². The molecule has 0 aliphatic carbocycles. The number of ether oxygens (including phenoxy) is 3. The van der Waals surface area contributed by atoms with E-state index < -0.39 is 12.1 Å². The van der Waals surface area contributed by atoms with Gasteiger partial charge in [0.05, 0.1) is 57.1 Å². The topological polar surface area (TPSA) is 207 Å². The van der Waals surface area contributed by atoms with Crippen LogP contribution in [0, 0.1) is 6.92 Å². The Balaban J connectivity index is 0.893. The van der Waals surface area contributed by atoms with Gasteiger partial charge >= 0.3 is 0 Å². The average Bonchev–Trinajstić information content (AvgIpc) is 3.69. The minimum absolute atomic E-state index is 0.0643. The number of nitrogens with zero attached hydrogens (tertiary/aromatic N) is 5. The number of allylic oxidation sites excluding steroid dienone is 2. The number of benzene rings is 2. The molecule has 362 valence electrons. The fourth-order valence-corrected chi connectivity index (χ4v) is 8.60. The number of likely N-dealkylation sites (N-methyl/N-ethyl adjacent to an activating group) is 1. The highest BCUT2D eigenvalue weighted by atomic mass is 35.5. The molecule has 1 aromatic heterocycles. The lowest BCUT2D eigenvalue weighted by Crippen LogP contribution is -2.51. The number of carbonyl (C=O) groups excluding carboxylic acids is 5. The molecule has 2 aromatic carbocycles. The first-order valence-corrected chi connectivity index (χ1v) is 23.9. The third kappa shape index (κ3) is 16.9. The number of aldehydes is 1. The van der Waals surface area contributed by atoms with Crippen LogP contribution < -0.4 is 21.3 Å². The molecule has 19 heteroatoms. The van der Waals surface area contributed by atoms with Crippen LogP contribution in [0.25, 0.3) is 5.03 Å². The monoisotopic (exact) mass is 961 g/mol. The van der Waals surface area contributed by atoms with Gasteiger partial charge in [-0.05, 0) is 82.3 Å². The number of carbonyl (C=O) groups is 5. The summed E-state index contributed by atoms with van der Waals surface area (Å²) in [6, 6.07) is 11.6. The van der Waals surface area contributed by atoms with Gasteiger partial charge in [0.1, 0.15) is 18.2 Å². The second-order valence-electron chi connectivity index (χ2n) is 16.4. The first-order chi connectivity index (χ1) is 32.3. The summed E-state index contributed by atoms with van der Waals surface area (Å²) in [5.74, 6) is 0.239. The second-order valence-corrected chi connectivity index (χ2v) is 18.1. The highest BCUT2D eigenvalue weighted by Gasteiger charge is 2.31. The molecule has 5 rings (SSSR count). The zero-order valence-corrected chi connectivity index (χ0v) is 40.6. The number of fused-ring (bicyclic) bond motifs is 1. The molecular weight excluding hydrogens is 898 g/mol. The maximum atomic E-state index is 13.3. The van der Waals surface area contributed by atoms with Crippen molar-refractivity contribution in [3.63, 3.8) is 0 Å². The van der Waals surface area contributed by atoms with Crippen molar-refractivity contribution in [1.29, 1.82) is 0 Å². The molecule has 0 saturated carbocycles. The predicted octanol–water partition coefficient (Wildman–Crippen LogP) is 6.02. The number of hydrogen-bond donors (Lipinski definition) is 4. The maximum absolute atomic E-state index is 13.3. The number of aliphatic imine (C=N–C) groups is 1. The summed E-state index contributed by atoms with van der Waals surface area (Å²) < 4.78 is 18.8. The lowest BCUT2D eigenvalue weighted by molar-refractivity contribution is -0.137. The van der Waals surface area contributed by atoms with E-state index in [4.69, 9.17) is 30.8 Å². The minimum Gasteiger partial charge on any atom is -0.378 e. The summed E-state index contributed by atoms with van der Waals surface area (Å²) in [5, 5.41) is 21.8. The molecule has 2 atom stereocenters. The molecule has 2 aliphatic heterocycles. The van der Waals surface area contributed by atoms with E-state index in [1.54, 1.807) is 41.9 Å². The number of piperidine rings is 1. The highest BCUT2D eigenvalue weighted by molar-refractivity contribution is 8.11. The fourth-order valence-electron chi connectivity index (χ4n) is 7.55. The number of unbranched alkanes of at least 4 members (excludes halogenated alkanes) is 2. The SMILES string of the molecule is C=C1S/C(C)=C(/C)CC(c2ccc(Cl)cc2)=N[C@@H](CC(=O)NCCOCCOCCOCCNCCCCCC(=O)Nc2cccc(C=O)c2CN(C)C2CCC(=O)NC2=O)c2nnc(C)n21. The Morgan fingerprint density at radius 2 is 1.66 bits per heavy atom. The zero-order chi connectivity index (χ0) is 48.1. The number of thioether (sulfide) groups is 1. The molecule has 4 amide bonds. The van der Waals surface area contributed by atoms with Crippen LogP contribution in [-0.2, 0) is 39.9 Å². The molecular formula is C48H64ClN9O8S. The fraction of sp³-hybridized carbons (Fsp3) is 0.500. The Hall–Kier alpha value is -5.08. The van der Waals surface area contributed by atoms with Gasteiger partial charge in [-0.1, -0.05) is 66.2 Å². The van der Waals surface area contributed by atoms with Gasteiger partial charge in [-0.2, -0.15) is 0 Å². The quantitative estimate of drug-likeness (QED) is 0.0413. The lowest BCUT2D eigenvalue weighted by Gasteiger charge is -2.30. The van der Waals surface area contributed by atoms with Crippen molar-refractivity contribution in [2.45, 2.75) is 90.8 Å². The Morgan fingerprint density at radius 1 is 0.940 bits per heavy atom. The molecule has 3 aromatic rings.